The second-order valence-corrected chi connectivity index (χ2v) is 8.23. The van der Waals surface area contributed by atoms with Crippen molar-refractivity contribution in [3.63, 3.8) is 0 Å². The van der Waals surface area contributed by atoms with Crippen LogP contribution in [0, 0.1) is 0 Å². The molecule has 1 aliphatic carbocycles. The van der Waals surface area contributed by atoms with Crippen molar-refractivity contribution in [2.24, 2.45) is 15.4 Å². The smallest absolute Gasteiger partial charge is 0.305 e. The molecule has 1 atom stereocenters. The Morgan fingerprint density at radius 1 is 1.13 bits per heavy atom. The highest BCUT2D eigenvalue weighted by Gasteiger charge is 2.44. The van der Waals surface area contributed by atoms with Gasteiger partial charge in [0.15, 0.2) is 0 Å². The summed E-state index contributed by atoms with van der Waals surface area (Å²) in [5, 5.41) is 22.5. The second kappa shape index (κ2) is 10.5. The van der Waals surface area contributed by atoms with Crippen molar-refractivity contribution in [1.82, 2.24) is 0 Å². The van der Waals surface area contributed by atoms with Crippen LogP contribution in [-0.2, 0) is 9.53 Å². The van der Waals surface area contributed by atoms with Gasteiger partial charge in [-0.2, -0.15) is 0 Å². The number of rotatable bonds is 11. The molecule has 1 aromatic rings. The first-order valence-corrected chi connectivity index (χ1v) is 11.0. The van der Waals surface area contributed by atoms with E-state index in [0.717, 1.165) is 18.4 Å². The van der Waals surface area contributed by atoms with E-state index < -0.39 is 4.87 Å². The lowest BCUT2D eigenvalue weighted by Crippen LogP contribution is -2.33. The molecule has 30 heavy (non-hydrogen) atoms. The van der Waals surface area contributed by atoms with E-state index in [4.69, 9.17) is 16.3 Å². The Morgan fingerprint density at radius 3 is 2.63 bits per heavy atom. The summed E-state index contributed by atoms with van der Waals surface area (Å²) >= 11 is 6.93. The fraction of sp³-hybridized carbons (Fsp3) is 0.478. The topological polar surface area (TPSA) is 83.6 Å². The standard InChI is InChI=1S/C23H28ClN3O3/c1-2-3-4-5-6-10-15-30-20(29)13-14-23(24)19(28)16-18-22(26-27-25-18)21(23)17-11-8-7-9-12-17/h7-9,11-12,16,28H,2-6,10,13-15H2,1H3. The van der Waals surface area contributed by atoms with E-state index in [9.17, 15) is 9.90 Å². The van der Waals surface area contributed by atoms with Crippen LogP contribution in [0.4, 0.5) is 0 Å². The predicted octanol–water partition coefficient (Wildman–Crippen LogP) is 6.34. The number of ether oxygens (including phenoxy) is 1. The highest BCUT2D eigenvalue weighted by atomic mass is 35.5. The van der Waals surface area contributed by atoms with Gasteiger partial charge in [0.05, 0.1) is 6.61 Å². The van der Waals surface area contributed by atoms with Crippen LogP contribution in [0.15, 0.2) is 63.3 Å². The number of unbranched alkanes of at least 4 members (excludes halogenated alkanes) is 5. The van der Waals surface area contributed by atoms with Gasteiger partial charge in [0.2, 0.25) is 0 Å². The van der Waals surface area contributed by atoms with Crippen molar-refractivity contribution < 1.29 is 14.6 Å². The van der Waals surface area contributed by atoms with Gasteiger partial charge in [-0.1, -0.05) is 69.4 Å². The Labute approximate surface area is 182 Å². The van der Waals surface area contributed by atoms with Gasteiger partial charge >= 0.3 is 5.97 Å². The number of esters is 1. The Morgan fingerprint density at radius 2 is 1.87 bits per heavy atom. The minimum absolute atomic E-state index is 0.0680. The lowest BCUT2D eigenvalue weighted by Gasteiger charge is -2.32. The molecule has 0 radical (unpaired) electrons. The third kappa shape index (κ3) is 5.17. The number of alkyl halides is 1. The number of carbonyl (C=O) groups excluding carboxylic acids is 1. The maximum Gasteiger partial charge on any atom is 0.305 e. The largest absolute Gasteiger partial charge is 0.510 e. The maximum absolute atomic E-state index is 12.3. The van der Waals surface area contributed by atoms with Crippen LogP contribution in [0.2, 0.25) is 0 Å². The third-order valence-corrected chi connectivity index (χ3v) is 5.92. The molecule has 0 aromatic heterocycles. The van der Waals surface area contributed by atoms with Crippen LogP contribution in [0.5, 0.6) is 0 Å². The van der Waals surface area contributed by atoms with Crippen molar-refractivity contribution in [3.8, 4) is 0 Å². The quantitative estimate of drug-likeness (QED) is 0.253. The first-order valence-electron chi connectivity index (χ1n) is 10.6. The average Bonchev–Trinajstić information content (AvgIpc) is 3.20. The fourth-order valence-electron chi connectivity index (χ4n) is 3.69. The molecule has 1 aromatic carbocycles. The molecule has 3 rings (SSSR count). The van der Waals surface area contributed by atoms with Crippen LogP contribution in [0.25, 0.3) is 5.57 Å². The van der Waals surface area contributed by atoms with Crippen LogP contribution in [0.3, 0.4) is 0 Å². The summed E-state index contributed by atoms with van der Waals surface area (Å²) < 4.78 is 5.37. The lowest BCUT2D eigenvalue weighted by molar-refractivity contribution is -0.143. The molecular weight excluding hydrogens is 402 g/mol. The second-order valence-electron chi connectivity index (χ2n) is 7.58. The molecule has 1 aliphatic heterocycles. The predicted molar refractivity (Wildman–Crippen MR) is 119 cm³/mol. The van der Waals surface area contributed by atoms with E-state index in [0.29, 0.717) is 23.6 Å². The number of aliphatic hydroxyl groups is 1. The van der Waals surface area contributed by atoms with Crippen molar-refractivity contribution in [3.05, 3.63) is 53.4 Å². The number of benzene rings is 1. The zero-order valence-corrected chi connectivity index (χ0v) is 18.1. The van der Waals surface area contributed by atoms with Crippen LogP contribution < -0.4 is 0 Å². The summed E-state index contributed by atoms with van der Waals surface area (Å²) in [4.78, 5) is 11.0. The molecule has 1 heterocycles. The van der Waals surface area contributed by atoms with Crippen LogP contribution in [-0.4, -0.2) is 28.3 Å². The van der Waals surface area contributed by atoms with E-state index >= 15 is 0 Å². The third-order valence-electron chi connectivity index (χ3n) is 5.35. The summed E-state index contributed by atoms with van der Waals surface area (Å²) in [5.41, 5.74) is 2.40. The van der Waals surface area contributed by atoms with Crippen LogP contribution in [0.1, 0.15) is 63.9 Å². The average molecular weight is 430 g/mol. The molecule has 7 heteroatoms. The van der Waals surface area contributed by atoms with Gasteiger partial charge in [-0.05, 0) is 23.6 Å². The summed E-state index contributed by atoms with van der Waals surface area (Å²) in [6.07, 6.45) is 8.53. The van der Waals surface area contributed by atoms with E-state index in [1.54, 1.807) is 0 Å². The van der Waals surface area contributed by atoms with Gasteiger partial charge in [-0.15, -0.1) is 21.8 Å². The zero-order valence-electron chi connectivity index (χ0n) is 17.3. The molecule has 0 spiro atoms. The molecule has 6 nitrogen and oxygen atoms in total. The van der Waals surface area contributed by atoms with Crippen LogP contribution >= 0.6 is 11.6 Å². The van der Waals surface area contributed by atoms with E-state index in [1.807, 2.05) is 30.3 Å². The molecule has 160 valence electrons. The van der Waals surface area contributed by atoms with Crippen molar-refractivity contribution in [1.29, 1.82) is 0 Å². The van der Waals surface area contributed by atoms with Gasteiger partial charge in [0.25, 0.3) is 0 Å². The summed E-state index contributed by atoms with van der Waals surface area (Å²) in [6, 6.07) is 9.44. The van der Waals surface area contributed by atoms with Gasteiger partial charge in [0.1, 0.15) is 22.0 Å². The highest BCUT2D eigenvalue weighted by molar-refractivity contribution is 6.36. The molecule has 0 amide bonds. The molecule has 1 N–H and O–H groups in total. The Balaban J connectivity index is 1.63. The number of hydrogen-bond acceptors (Lipinski definition) is 6. The van der Waals surface area contributed by atoms with E-state index in [-0.39, 0.29) is 24.6 Å². The molecular formula is C23H28ClN3O3. The first-order chi connectivity index (χ1) is 14.6. The Hall–Kier alpha value is -2.47. The number of hydrogen-bond donors (Lipinski definition) is 1. The molecule has 0 saturated heterocycles. The zero-order chi connectivity index (χ0) is 21.4. The fourth-order valence-corrected chi connectivity index (χ4v) is 4.03. The van der Waals surface area contributed by atoms with Crippen molar-refractivity contribution >= 4 is 28.9 Å². The van der Waals surface area contributed by atoms with Gasteiger partial charge in [-0.25, -0.2) is 0 Å². The monoisotopic (exact) mass is 429 g/mol. The van der Waals surface area contributed by atoms with Gasteiger partial charge < -0.3 is 9.84 Å². The summed E-state index contributed by atoms with van der Waals surface area (Å²) in [7, 11) is 0. The number of allylic oxidation sites excluding steroid dienone is 2. The Kier molecular flexibility index (Phi) is 7.80. The van der Waals surface area contributed by atoms with Gasteiger partial charge in [-0.3, -0.25) is 4.79 Å². The molecule has 0 bridgehead atoms. The molecule has 0 fully saturated rings. The SMILES string of the molecule is CCCCCCCCOC(=O)CCC1(Cl)C(O)=CC2=NN=NC2=C1c1ccccc1. The normalized spacial score (nSPS) is 20.1. The minimum atomic E-state index is -1.29. The number of carbonyl (C=O) groups is 1. The highest BCUT2D eigenvalue weighted by Crippen LogP contribution is 2.47. The number of nitrogens with zero attached hydrogens (tertiary/aromatic N) is 3. The number of fused-ring (bicyclic) bond motifs is 1. The van der Waals surface area contributed by atoms with E-state index in [2.05, 4.69) is 22.4 Å². The van der Waals surface area contributed by atoms with Crippen molar-refractivity contribution in [2.75, 3.05) is 6.61 Å². The molecule has 2 aliphatic rings. The minimum Gasteiger partial charge on any atom is -0.510 e. The van der Waals surface area contributed by atoms with E-state index in [1.165, 1.54) is 31.8 Å². The molecule has 0 saturated carbocycles. The summed E-state index contributed by atoms with van der Waals surface area (Å²) in [6.45, 7) is 2.60. The van der Waals surface area contributed by atoms with Crippen molar-refractivity contribution in [2.45, 2.75) is 63.2 Å². The number of aliphatic hydroxyl groups excluding tert-OH is 1. The first kappa shape index (κ1) is 22.2. The summed E-state index contributed by atoms with van der Waals surface area (Å²) in [5.74, 6) is -0.386. The number of halogens is 1. The maximum atomic E-state index is 12.3. The lowest BCUT2D eigenvalue weighted by atomic mass is 9.80. The van der Waals surface area contributed by atoms with Gasteiger partial charge in [0, 0.05) is 18.1 Å². The molecule has 1 unspecified atom stereocenters. The Bertz CT molecular complexity index is 877.